The Labute approximate surface area is 213 Å². The minimum atomic E-state index is -4.25. The van der Waals surface area contributed by atoms with E-state index in [4.69, 9.17) is 24.3 Å². The van der Waals surface area contributed by atoms with E-state index >= 15 is 0 Å². The van der Waals surface area contributed by atoms with Crippen molar-refractivity contribution in [3.05, 3.63) is 53.1 Å². The largest absolute Gasteiger partial charge is 0.462 e. The van der Waals surface area contributed by atoms with Gasteiger partial charge in [0.05, 0.1) is 18.8 Å². The third kappa shape index (κ3) is 6.54. The van der Waals surface area contributed by atoms with E-state index in [-0.39, 0.29) is 11.6 Å². The zero-order valence-electron chi connectivity index (χ0n) is 20.8. The number of rotatable bonds is 10. The molecule has 0 saturated carbocycles. The summed E-state index contributed by atoms with van der Waals surface area (Å²) in [5, 5.41) is 23.3. The van der Waals surface area contributed by atoms with Crippen molar-refractivity contribution in [2.45, 2.75) is 58.3 Å². The molecule has 1 aromatic heterocycles. The van der Waals surface area contributed by atoms with Gasteiger partial charge in [0.15, 0.2) is 6.23 Å². The first-order valence-electron chi connectivity index (χ1n) is 11.5. The van der Waals surface area contributed by atoms with Crippen LogP contribution in [0.1, 0.15) is 33.9 Å². The molecule has 37 heavy (non-hydrogen) atoms. The van der Waals surface area contributed by atoms with Gasteiger partial charge in [-0.05, 0) is 45.9 Å². The molecule has 2 heterocycles. The number of carbonyl (C=O) groups is 1. The van der Waals surface area contributed by atoms with Gasteiger partial charge in [0.1, 0.15) is 35.2 Å². The Bertz CT molecular complexity index is 1250. The summed E-state index contributed by atoms with van der Waals surface area (Å²) in [6.45, 7) is 5.66. The number of aromatic nitrogens is 2. The summed E-state index contributed by atoms with van der Waals surface area (Å²) in [7, 11) is -4.25. The number of nitrogen functional groups attached to an aromatic ring is 1. The number of ether oxygens (including phenoxy) is 2. The van der Waals surface area contributed by atoms with Crippen molar-refractivity contribution in [3.63, 3.8) is 0 Å². The monoisotopic (exact) mass is 535 g/mol. The van der Waals surface area contributed by atoms with Crippen molar-refractivity contribution in [1.29, 1.82) is 5.26 Å². The van der Waals surface area contributed by atoms with Crippen LogP contribution in [0.5, 0.6) is 5.75 Å². The van der Waals surface area contributed by atoms with Crippen molar-refractivity contribution in [2.75, 3.05) is 12.3 Å². The lowest BCUT2D eigenvalue weighted by Gasteiger charge is -2.26. The maximum Gasteiger partial charge on any atom is 0.459 e. The summed E-state index contributed by atoms with van der Waals surface area (Å²) < 4.78 is 36.8. The van der Waals surface area contributed by atoms with Crippen LogP contribution in [0.15, 0.2) is 47.4 Å². The van der Waals surface area contributed by atoms with Crippen molar-refractivity contribution >= 4 is 19.5 Å². The molecule has 1 unspecified atom stereocenters. The number of nitrogens with two attached hydrogens (primary N) is 1. The van der Waals surface area contributed by atoms with Crippen molar-refractivity contribution in [3.8, 4) is 11.8 Å². The Morgan fingerprint density at radius 2 is 2.03 bits per heavy atom. The van der Waals surface area contributed by atoms with Crippen LogP contribution >= 0.6 is 7.75 Å². The molecule has 2 aromatic rings. The molecular formula is C23H30N5O8P. The van der Waals surface area contributed by atoms with Gasteiger partial charge in [-0.1, -0.05) is 18.2 Å². The summed E-state index contributed by atoms with van der Waals surface area (Å²) in [4.78, 5) is 28.3. The fraction of sp³-hybridized carbons (Fsp3) is 0.478. The predicted molar refractivity (Wildman–Crippen MR) is 131 cm³/mol. The predicted octanol–water partition coefficient (Wildman–Crippen LogP) is 1.75. The second-order valence-electron chi connectivity index (χ2n) is 8.94. The molecule has 1 aromatic carbocycles. The van der Waals surface area contributed by atoms with Gasteiger partial charge in [0.25, 0.3) is 0 Å². The molecule has 0 aliphatic carbocycles. The number of nitrogens with zero attached hydrogens (tertiary/aromatic N) is 3. The average molecular weight is 535 g/mol. The van der Waals surface area contributed by atoms with Crippen molar-refractivity contribution in [1.82, 2.24) is 14.6 Å². The number of anilines is 1. The maximum absolute atomic E-state index is 13.7. The fourth-order valence-electron chi connectivity index (χ4n) is 3.63. The summed E-state index contributed by atoms with van der Waals surface area (Å²) in [5.41, 5.74) is 3.17. The van der Waals surface area contributed by atoms with E-state index in [1.807, 2.05) is 6.07 Å². The molecule has 4 N–H and O–H groups in total. The Morgan fingerprint density at radius 3 is 2.62 bits per heavy atom. The highest BCUT2D eigenvalue weighted by Crippen LogP contribution is 2.48. The SMILES string of the molecule is CC(C)OC(=O)[C@H](C)NP(=O)(OC[C@H]1O[C@@H](n2ccc(N)nc2=O)[C@](C)(C#N)[C@@H]1O)Oc1ccccc1. The Morgan fingerprint density at radius 1 is 1.35 bits per heavy atom. The van der Waals surface area contributed by atoms with Crippen molar-refractivity contribution < 1.29 is 33.0 Å². The summed E-state index contributed by atoms with van der Waals surface area (Å²) in [6, 6.07) is 10.4. The van der Waals surface area contributed by atoms with Crippen LogP contribution in [0.3, 0.4) is 0 Å². The molecule has 0 bridgehead atoms. The number of aliphatic hydroxyl groups is 1. The van der Waals surface area contributed by atoms with E-state index in [0.29, 0.717) is 0 Å². The summed E-state index contributed by atoms with van der Waals surface area (Å²) in [5.74, 6) is -0.511. The molecule has 0 spiro atoms. The lowest BCUT2D eigenvalue weighted by atomic mass is 9.84. The van der Waals surface area contributed by atoms with Crippen LogP contribution in [0, 0.1) is 16.7 Å². The normalized spacial score (nSPS) is 25.7. The van der Waals surface area contributed by atoms with Crippen molar-refractivity contribution in [2.24, 2.45) is 5.41 Å². The summed E-state index contributed by atoms with van der Waals surface area (Å²) >= 11 is 0. The molecule has 14 heteroatoms. The first kappa shape index (κ1) is 28.3. The first-order chi connectivity index (χ1) is 17.4. The molecule has 6 atom stereocenters. The smallest absolute Gasteiger partial charge is 0.459 e. The van der Waals surface area contributed by atoms with Crippen LogP contribution in [0.2, 0.25) is 0 Å². The van der Waals surface area contributed by atoms with Gasteiger partial charge in [0.2, 0.25) is 0 Å². The van der Waals surface area contributed by atoms with E-state index < -0.39 is 62.0 Å². The Hall–Kier alpha value is -3.27. The van der Waals surface area contributed by atoms with E-state index in [9.17, 15) is 24.5 Å². The highest BCUT2D eigenvalue weighted by Gasteiger charge is 2.55. The number of nitriles is 1. The topological polar surface area (TPSA) is 188 Å². The standard InChI is InChI=1S/C23H30N5O8P/c1-14(2)34-20(30)15(3)27-37(32,36-16-8-6-5-7-9-16)33-12-17-19(29)23(4,13-24)21(35-17)28-11-10-18(25)26-22(28)31/h5-11,14-15,17,19,21,29H,12H2,1-4H3,(H,27,32)(H2,25,26,31)/t15-,17+,19+,21+,23+,37?/m0/s1. The van der Waals surface area contributed by atoms with Crippen LogP contribution in [0.25, 0.3) is 0 Å². The van der Waals surface area contributed by atoms with Gasteiger partial charge in [-0.15, -0.1) is 0 Å². The van der Waals surface area contributed by atoms with E-state index in [1.54, 1.807) is 44.2 Å². The van der Waals surface area contributed by atoms with E-state index in [2.05, 4.69) is 10.1 Å². The van der Waals surface area contributed by atoms with Crippen LogP contribution < -0.4 is 21.0 Å². The molecule has 1 saturated heterocycles. The quantitative estimate of drug-likeness (QED) is 0.296. The number of nitrogens with one attached hydrogen (secondary N) is 1. The van der Waals surface area contributed by atoms with Gasteiger partial charge >= 0.3 is 19.4 Å². The second kappa shape index (κ2) is 11.4. The lowest BCUT2D eigenvalue weighted by Crippen LogP contribution is -2.40. The third-order valence-corrected chi connectivity index (χ3v) is 7.21. The number of esters is 1. The van der Waals surface area contributed by atoms with Crippen LogP contribution in [-0.4, -0.2) is 51.6 Å². The zero-order chi connectivity index (χ0) is 27.4. The third-order valence-electron chi connectivity index (χ3n) is 5.56. The molecule has 13 nitrogen and oxygen atoms in total. The zero-order valence-corrected chi connectivity index (χ0v) is 21.7. The van der Waals surface area contributed by atoms with E-state index in [1.165, 1.54) is 26.1 Å². The number of aliphatic hydroxyl groups excluding tert-OH is 1. The first-order valence-corrected chi connectivity index (χ1v) is 13.0. The molecule has 0 radical (unpaired) electrons. The highest BCUT2D eigenvalue weighted by molar-refractivity contribution is 7.52. The van der Waals surface area contributed by atoms with Gasteiger partial charge in [-0.3, -0.25) is 13.9 Å². The molecule has 1 aliphatic heterocycles. The number of carbonyl (C=O) groups excluding carboxylic acids is 1. The molecule has 200 valence electrons. The number of hydrogen-bond donors (Lipinski definition) is 3. The van der Waals surface area contributed by atoms with Gasteiger partial charge in [-0.25, -0.2) is 9.36 Å². The Kier molecular flexibility index (Phi) is 8.73. The molecular weight excluding hydrogens is 505 g/mol. The van der Waals surface area contributed by atoms with Gasteiger partial charge < -0.3 is 24.8 Å². The number of para-hydroxylation sites is 1. The Balaban J connectivity index is 1.83. The van der Waals surface area contributed by atoms with Gasteiger partial charge in [0, 0.05) is 6.20 Å². The minimum absolute atomic E-state index is 0.0199. The second-order valence-corrected chi connectivity index (χ2v) is 10.6. The maximum atomic E-state index is 13.7. The minimum Gasteiger partial charge on any atom is -0.462 e. The summed E-state index contributed by atoms with van der Waals surface area (Å²) in [6.07, 6.45) is -3.01. The molecule has 0 amide bonds. The average Bonchev–Trinajstić information content (AvgIpc) is 3.08. The molecule has 1 aliphatic rings. The molecule has 1 fully saturated rings. The van der Waals surface area contributed by atoms with Crippen LogP contribution in [0.4, 0.5) is 5.82 Å². The molecule has 3 rings (SSSR count). The van der Waals surface area contributed by atoms with E-state index in [0.717, 1.165) is 4.57 Å². The van der Waals surface area contributed by atoms with Gasteiger partial charge in [-0.2, -0.15) is 15.3 Å². The van der Waals surface area contributed by atoms with Crippen LogP contribution in [-0.2, 0) is 23.4 Å². The highest BCUT2D eigenvalue weighted by atomic mass is 31.2. The lowest BCUT2D eigenvalue weighted by molar-refractivity contribution is -0.149. The number of hydrogen-bond acceptors (Lipinski definition) is 11. The number of benzene rings is 1. The fourth-order valence-corrected chi connectivity index (χ4v) is 5.13.